The van der Waals surface area contributed by atoms with E-state index in [4.69, 9.17) is 14.2 Å². The maximum absolute atomic E-state index is 13.0. The van der Waals surface area contributed by atoms with Gasteiger partial charge in [0.1, 0.15) is 18.5 Å². The standard InChI is InChI=1S/C29H33N3O5/c1-35-27-13-12-20(17-28(27)36-2)7-6-15-30-18-21(33)19-37-26-11-4-3-8-23(26)29(34)32-25-10-5-9-24-22(25)14-16-31-24/h3-5,8-14,16-17,21,30-31,33H,6-7,15,18-19H2,1-2H3,(H,32,34). The zero-order valence-electron chi connectivity index (χ0n) is 21.1. The van der Waals surface area contributed by atoms with Gasteiger partial charge >= 0.3 is 0 Å². The Balaban J connectivity index is 1.23. The number of H-pyrrole nitrogens is 1. The van der Waals surface area contributed by atoms with Crippen molar-refractivity contribution in [2.75, 3.05) is 39.2 Å². The van der Waals surface area contributed by atoms with E-state index in [9.17, 15) is 9.90 Å². The highest BCUT2D eigenvalue weighted by atomic mass is 16.5. The first-order valence-corrected chi connectivity index (χ1v) is 12.3. The number of aliphatic hydroxyl groups excluding tert-OH is 1. The zero-order valence-corrected chi connectivity index (χ0v) is 21.1. The van der Waals surface area contributed by atoms with Gasteiger partial charge < -0.3 is 34.9 Å². The molecule has 4 N–H and O–H groups in total. The SMILES string of the molecule is COc1ccc(CCCNCC(O)COc2ccccc2C(=O)Nc2cccc3[nH]ccc23)cc1OC. The van der Waals surface area contributed by atoms with E-state index in [-0.39, 0.29) is 12.5 Å². The third-order valence-electron chi connectivity index (χ3n) is 6.05. The lowest BCUT2D eigenvalue weighted by Crippen LogP contribution is -2.32. The minimum atomic E-state index is -0.717. The Bertz CT molecular complexity index is 1320. The van der Waals surface area contributed by atoms with E-state index >= 15 is 0 Å². The molecule has 0 aliphatic heterocycles. The Kier molecular flexibility index (Phi) is 9.02. The molecule has 0 aliphatic carbocycles. The van der Waals surface area contributed by atoms with Gasteiger partial charge in [0, 0.05) is 23.6 Å². The molecule has 0 saturated heterocycles. The lowest BCUT2D eigenvalue weighted by Gasteiger charge is -2.16. The third-order valence-corrected chi connectivity index (χ3v) is 6.05. The van der Waals surface area contributed by atoms with Crippen molar-refractivity contribution in [3.05, 3.63) is 84.1 Å². The molecule has 0 saturated carbocycles. The summed E-state index contributed by atoms with van der Waals surface area (Å²) in [6.45, 7) is 1.20. The summed E-state index contributed by atoms with van der Waals surface area (Å²) in [5.74, 6) is 1.58. The van der Waals surface area contributed by atoms with Crippen LogP contribution in [0.1, 0.15) is 22.3 Å². The van der Waals surface area contributed by atoms with E-state index in [0.29, 0.717) is 23.6 Å². The molecule has 8 nitrogen and oxygen atoms in total. The molecule has 0 aliphatic rings. The maximum atomic E-state index is 13.0. The Labute approximate surface area is 216 Å². The first kappa shape index (κ1) is 26.1. The topological polar surface area (TPSA) is 105 Å². The Morgan fingerprint density at radius 1 is 0.973 bits per heavy atom. The van der Waals surface area contributed by atoms with Gasteiger partial charge in [-0.15, -0.1) is 0 Å². The number of carbonyl (C=O) groups is 1. The fraction of sp³-hybridized carbons (Fsp3) is 0.276. The molecule has 37 heavy (non-hydrogen) atoms. The van der Waals surface area contributed by atoms with Crippen LogP contribution in [0.15, 0.2) is 72.9 Å². The van der Waals surface area contributed by atoms with Crippen molar-refractivity contribution in [2.24, 2.45) is 0 Å². The summed E-state index contributed by atoms with van der Waals surface area (Å²) in [4.78, 5) is 16.1. The molecule has 1 amide bonds. The second-order valence-electron chi connectivity index (χ2n) is 8.66. The predicted octanol–water partition coefficient (Wildman–Crippen LogP) is 4.40. The number of aromatic nitrogens is 1. The van der Waals surface area contributed by atoms with Crippen LogP contribution in [0.3, 0.4) is 0 Å². The van der Waals surface area contributed by atoms with Crippen LogP contribution in [-0.2, 0) is 6.42 Å². The molecule has 1 aromatic heterocycles. The van der Waals surface area contributed by atoms with Crippen molar-refractivity contribution in [3.8, 4) is 17.2 Å². The molecule has 0 fully saturated rings. The molecule has 1 atom stereocenters. The molecule has 0 radical (unpaired) electrons. The highest BCUT2D eigenvalue weighted by Gasteiger charge is 2.15. The average molecular weight is 504 g/mol. The molecule has 1 heterocycles. The van der Waals surface area contributed by atoms with Gasteiger partial charge in [-0.1, -0.05) is 24.3 Å². The highest BCUT2D eigenvalue weighted by Crippen LogP contribution is 2.28. The fourth-order valence-corrected chi connectivity index (χ4v) is 4.13. The summed E-state index contributed by atoms with van der Waals surface area (Å²) >= 11 is 0. The number of aliphatic hydroxyl groups is 1. The quantitative estimate of drug-likeness (QED) is 0.202. The second kappa shape index (κ2) is 12.8. The van der Waals surface area contributed by atoms with Crippen LogP contribution in [-0.4, -0.2) is 56.0 Å². The number of para-hydroxylation sites is 1. The molecule has 0 spiro atoms. The number of benzene rings is 3. The van der Waals surface area contributed by atoms with Gasteiger partial charge in [-0.3, -0.25) is 4.79 Å². The highest BCUT2D eigenvalue weighted by molar-refractivity contribution is 6.10. The molecule has 194 valence electrons. The molecule has 1 unspecified atom stereocenters. The number of nitrogens with one attached hydrogen (secondary N) is 3. The number of hydrogen-bond donors (Lipinski definition) is 4. The molecule has 4 rings (SSSR count). The normalized spacial score (nSPS) is 11.8. The van der Waals surface area contributed by atoms with Crippen molar-refractivity contribution in [1.29, 1.82) is 0 Å². The lowest BCUT2D eigenvalue weighted by atomic mass is 10.1. The van der Waals surface area contributed by atoms with Crippen LogP contribution in [0.5, 0.6) is 17.2 Å². The average Bonchev–Trinajstić information content (AvgIpc) is 3.42. The smallest absolute Gasteiger partial charge is 0.259 e. The van der Waals surface area contributed by atoms with Crippen molar-refractivity contribution >= 4 is 22.5 Å². The van der Waals surface area contributed by atoms with E-state index in [1.165, 1.54) is 0 Å². The number of hydrogen-bond acceptors (Lipinski definition) is 6. The molecule has 4 aromatic rings. The number of aryl methyl sites for hydroxylation is 1. The van der Waals surface area contributed by atoms with Crippen molar-refractivity contribution in [2.45, 2.75) is 18.9 Å². The van der Waals surface area contributed by atoms with Crippen molar-refractivity contribution in [1.82, 2.24) is 10.3 Å². The summed E-state index contributed by atoms with van der Waals surface area (Å²) in [5, 5.41) is 17.5. The van der Waals surface area contributed by atoms with Gasteiger partial charge in [0.2, 0.25) is 0 Å². The Morgan fingerprint density at radius 2 is 1.81 bits per heavy atom. The summed E-state index contributed by atoms with van der Waals surface area (Å²) in [6.07, 6.45) is 2.90. The number of ether oxygens (including phenoxy) is 3. The summed E-state index contributed by atoms with van der Waals surface area (Å²) in [7, 11) is 3.25. The Hall–Kier alpha value is -4.01. The van der Waals surface area contributed by atoms with Gasteiger partial charge in [-0.2, -0.15) is 0 Å². The van der Waals surface area contributed by atoms with Gasteiger partial charge in [0.15, 0.2) is 11.5 Å². The number of amides is 1. The fourth-order valence-electron chi connectivity index (χ4n) is 4.13. The molecule has 8 heteroatoms. The van der Waals surface area contributed by atoms with E-state index < -0.39 is 6.10 Å². The largest absolute Gasteiger partial charge is 0.493 e. The third kappa shape index (κ3) is 6.81. The minimum Gasteiger partial charge on any atom is -0.493 e. The number of anilines is 1. The second-order valence-corrected chi connectivity index (χ2v) is 8.66. The number of methoxy groups -OCH3 is 2. The Morgan fingerprint density at radius 3 is 2.65 bits per heavy atom. The van der Waals surface area contributed by atoms with Gasteiger partial charge in [0.25, 0.3) is 5.91 Å². The maximum Gasteiger partial charge on any atom is 0.259 e. The molecular weight excluding hydrogens is 470 g/mol. The van der Waals surface area contributed by atoms with Crippen LogP contribution in [0.25, 0.3) is 10.9 Å². The predicted molar refractivity (Wildman–Crippen MR) is 145 cm³/mol. The number of rotatable bonds is 13. The van der Waals surface area contributed by atoms with E-state index in [1.54, 1.807) is 38.5 Å². The first-order chi connectivity index (χ1) is 18.1. The van der Waals surface area contributed by atoms with Crippen LogP contribution in [0, 0.1) is 0 Å². The van der Waals surface area contributed by atoms with Crippen molar-refractivity contribution < 1.29 is 24.1 Å². The number of carbonyl (C=O) groups excluding carboxylic acids is 1. The monoisotopic (exact) mass is 503 g/mol. The first-order valence-electron chi connectivity index (χ1n) is 12.3. The van der Waals surface area contributed by atoms with Crippen LogP contribution < -0.4 is 24.8 Å². The molecule has 3 aromatic carbocycles. The van der Waals surface area contributed by atoms with Gasteiger partial charge in [-0.25, -0.2) is 0 Å². The van der Waals surface area contributed by atoms with Crippen LogP contribution in [0.4, 0.5) is 5.69 Å². The van der Waals surface area contributed by atoms with E-state index in [2.05, 4.69) is 15.6 Å². The van der Waals surface area contributed by atoms with Gasteiger partial charge in [0.05, 0.1) is 25.5 Å². The number of fused-ring (bicyclic) bond motifs is 1. The summed E-state index contributed by atoms with van der Waals surface area (Å²) < 4.78 is 16.4. The summed E-state index contributed by atoms with van der Waals surface area (Å²) in [5.41, 5.74) is 3.23. The number of aromatic amines is 1. The van der Waals surface area contributed by atoms with Crippen molar-refractivity contribution in [3.63, 3.8) is 0 Å². The lowest BCUT2D eigenvalue weighted by molar-refractivity contribution is 0.0980. The van der Waals surface area contributed by atoms with Crippen LogP contribution in [0.2, 0.25) is 0 Å². The van der Waals surface area contributed by atoms with Gasteiger partial charge in [-0.05, 0) is 67.4 Å². The summed E-state index contributed by atoms with van der Waals surface area (Å²) in [6, 6.07) is 20.6. The molecular formula is C29H33N3O5. The van der Waals surface area contributed by atoms with Crippen LogP contribution >= 0.6 is 0 Å². The zero-order chi connectivity index (χ0) is 26.0. The minimum absolute atomic E-state index is 0.0698. The van der Waals surface area contributed by atoms with E-state index in [0.717, 1.165) is 47.3 Å². The molecule has 0 bridgehead atoms. The van der Waals surface area contributed by atoms with E-state index in [1.807, 2.05) is 48.7 Å².